The highest BCUT2D eigenvalue weighted by atomic mass is 32.1. The first-order valence-electron chi connectivity index (χ1n) is 37.9. The van der Waals surface area contributed by atoms with Gasteiger partial charge in [0.15, 0.2) is 0 Å². The number of fused-ring (bicyclic) bond motifs is 14. The van der Waals surface area contributed by atoms with Crippen molar-refractivity contribution in [2.24, 2.45) is 0 Å². The molecule has 0 aliphatic heterocycles. The van der Waals surface area contributed by atoms with E-state index >= 15 is 0 Å². The molecule has 11 rings (SSSR count). The molecule has 4 aliphatic rings. The molecule has 0 N–H and O–H groups in total. The maximum absolute atomic E-state index is 5.64. The second-order valence-corrected chi connectivity index (χ2v) is 32.7. The van der Waals surface area contributed by atoms with Crippen molar-refractivity contribution >= 4 is 79.3 Å². The molecule has 0 saturated carbocycles. The van der Waals surface area contributed by atoms with Crippen LogP contribution in [0, 0.1) is 13.8 Å². The SMILES string of the molecule is CCCCCCC1(CCCCCC)C2=C(c3sc(C)cc31)C(CCCCCC)(CCCCCC)c1cc(-c3cc4c(c5nsnc35)-c3cc5c(cc3C4(CCCCCC)CCCCCC)-c3c(cc(C)c4nsnc34)C5(CCCCCC)CCCCCC)sc12. The van der Waals surface area contributed by atoms with Crippen molar-refractivity contribution < 1.29 is 0 Å². The Balaban J connectivity index is 1.17. The molecule has 8 heteroatoms. The van der Waals surface area contributed by atoms with Crippen LogP contribution < -0.4 is 0 Å². The van der Waals surface area contributed by atoms with Gasteiger partial charge in [-0.25, -0.2) is 0 Å². The van der Waals surface area contributed by atoms with E-state index in [1.54, 1.807) is 48.7 Å². The van der Waals surface area contributed by atoms with Gasteiger partial charge in [0.2, 0.25) is 0 Å². The Morgan fingerprint density at radius 3 is 1.01 bits per heavy atom. The van der Waals surface area contributed by atoms with Gasteiger partial charge in [-0.1, -0.05) is 267 Å². The maximum atomic E-state index is 5.64. The Hall–Kier alpha value is -3.56. The van der Waals surface area contributed by atoms with Crippen LogP contribution in [0.5, 0.6) is 0 Å². The van der Waals surface area contributed by atoms with Crippen molar-refractivity contribution in [3.63, 3.8) is 0 Å². The van der Waals surface area contributed by atoms with E-state index in [-0.39, 0.29) is 21.7 Å². The molecule has 0 amide bonds. The molecule has 0 fully saturated rings. The minimum absolute atomic E-state index is 0.0173. The Morgan fingerprint density at radius 1 is 0.289 bits per heavy atom. The van der Waals surface area contributed by atoms with Gasteiger partial charge in [-0.3, -0.25) is 0 Å². The summed E-state index contributed by atoms with van der Waals surface area (Å²) >= 11 is 7.29. The van der Waals surface area contributed by atoms with Crippen LogP contribution in [-0.2, 0) is 21.7 Å². The van der Waals surface area contributed by atoms with Gasteiger partial charge in [0.05, 0.1) is 23.5 Å². The van der Waals surface area contributed by atoms with Crippen LogP contribution in [0.15, 0.2) is 36.4 Å². The van der Waals surface area contributed by atoms with E-state index in [2.05, 4.69) is 128 Å². The number of unbranched alkanes of at least 4 members (excludes halogenated alkanes) is 24. The molecule has 4 aliphatic carbocycles. The molecule has 0 bridgehead atoms. The normalized spacial score (nSPS) is 16.0. The lowest BCUT2D eigenvalue weighted by Crippen LogP contribution is -2.27. The van der Waals surface area contributed by atoms with E-state index in [0.29, 0.717) is 0 Å². The third kappa shape index (κ3) is 12.5. The smallest absolute Gasteiger partial charge is 0.114 e. The fourth-order valence-corrected chi connectivity index (χ4v) is 22.5. The second kappa shape index (κ2) is 30.9. The predicted octanol–water partition coefficient (Wildman–Crippen LogP) is 27.8. The number of aryl methyl sites for hydroxylation is 2. The molecule has 488 valence electrons. The van der Waals surface area contributed by atoms with Crippen molar-refractivity contribution in [3.8, 4) is 32.7 Å². The van der Waals surface area contributed by atoms with Crippen LogP contribution in [0.3, 0.4) is 0 Å². The lowest BCUT2D eigenvalue weighted by molar-refractivity contribution is 0.397. The molecule has 0 unspecified atom stereocenters. The van der Waals surface area contributed by atoms with Gasteiger partial charge in [0, 0.05) is 57.9 Å². The van der Waals surface area contributed by atoms with Crippen molar-refractivity contribution in [1.82, 2.24) is 17.5 Å². The number of hydrogen-bond donors (Lipinski definition) is 0. The Morgan fingerprint density at radius 2 is 0.611 bits per heavy atom. The van der Waals surface area contributed by atoms with Crippen LogP contribution in [0.2, 0.25) is 0 Å². The van der Waals surface area contributed by atoms with E-state index in [1.165, 1.54) is 329 Å². The Kier molecular flexibility index (Phi) is 23.3. The average Bonchev–Trinajstić information content (AvgIpc) is 1.51. The third-order valence-electron chi connectivity index (χ3n) is 23.2. The summed E-state index contributed by atoms with van der Waals surface area (Å²) in [5, 5.41) is 0. The standard InChI is InChI=1S/C82H116N4S4/c1-11-19-27-35-43-79(44-36-28-20-12-2)62-54-60-63(53-59(62)69-64(79)51-57(9)73-75(69)85-89-83-73)80(45-37-29-21-13-3,46-38-30-22-14-4)65-55-61(74-76(70(60)65)86-90-84-74)68-56-67-78(88-68)72-71(82(67,49-41-33-25-17-7)50-42-34-26-18-8)77-66(52-58(10)87-77)81(72,47-39-31-23-15-5)48-40-32-24-16-6/h51-56H,11-50H2,1-10H3. The summed E-state index contributed by atoms with van der Waals surface area (Å²) in [6.45, 7) is 23.9. The lowest BCUT2D eigenvalue weighted by atomic mass is 9.68. The zero-order chi connectivity index (χ0) is 62.9. The predicted molar refractivity (Wildman–Crippen MR) is 398 cm³/mol. The molecule has 0 atom stereocenters. The molecular weight excluding hydrogens is 1170 g/mol. The van der Waals surface area contributed by atoms with E-state index in [4.69, 9.17) is 17.5 Å². The van der Waals surface area contributed by atoms with Gasteiger partial charge in [-0.15, -0.1) is 22.7 Å². The summed E-state index contributed by atoms with van der Waals surface area (Å²) in [5.74, 6) is 0. The summed E-state index contributed by atoms with van der Waals surface area (Å²) in [4.78, 5) is 6.35. The number of benzene rings is 3. The van der Waals surface area contributed by atoms with Gasteiger partial charge >= 0.3 is 0 Å². The minimum atomic E-state index is -0.146. The number of thiophene rings is 2. The van der Waals surface area contributed by atoms with E-state index in [1.807, 2.05) is 5.57 Å². The van der Waals surface area contributed by atoms with Crippen LogP contribution in [0.25, 0.3) is 65.9 Å². The van der Waals surface area contributed by atoms with Gasteiger partial charge in [-0.2, -0.15) is 17.5 Å². The summed E-state index contributed by atoms with van der Waals surface area (Å²) in [5.41, 5.74) is 26.2. The average molecular weight is 1290 g/mol. The van der Waals surface area contributed by atoms with Crippen LogP contribution in [0.4, 0.5) is 0 Å². The highest BCUT2D eigenvalue weighted by molar-refractivity contribution is 7.17. The van der Waals surface area contributed by atoms with Crippen molar-refractivity contribution in [1.29, 1.82) is 0 Å². The van der Waals surface area contributed by atoms with Gasteiger partial charge in [-0.05, 0) is 157 Å². The fraction of sp³-hybridized carbons (Fsp3) is 0.659. The zero-order valence-corrected chi connectivity index (χ0v) is 61.4. The van der Waals surface area contributed by atoms with Crippen molar-refractivity contribution in [3.05, 3.63) is 90.0 Å². The summed E-state index contributed by atoms with van der Waals surface area (Å²) in [6, 6.07) is 16.6. The van der Waals surface area contributed by atoms with E-state index in [9.17, 15) is 0 Å². The molecule has 0 spiro atoms. The Bertz CT molecular complexity index is 3490. The van der Waals surface area contributed by atoms with E-state index < -0.39 is 0 Å². The molecule has 4 nitrogen and oxygen atoms in total. The number of rotatable bonds is 41. The summed E-state index contributed by atoms with van der Waals surface area (Å²) in [7, 11) is 0. The number of hydrogen-bond acceptors (Lipinski definition) is 8. The largest absolute Gasteiger partial charge is 0.173 e. The topological polar surface area (TPSA) is 51.6 Å². The molecule has 3 aromatic carbocycles. The van der Waals surface area contributed by atoms with Gasteiger partial charge in [0.25, 0.3) is 0 Å². The maximum Gasteiger partial charge on any atom is 0.114 e. The minimum Gasteiger partial charge on any atom is -0.173 e. The zero-order valence-electron chi connectivity index (χ0n) is 58.2. The van der Waals surface area contributed by atoms with Crippen molar-refractivity contribution in [2.45, 2.75) is 348 Å². The number of nitrogens with zero attached hydrogens (tertiary/aromatic N) is 4. The van der Waals surface area contributed by atoms with Crippen LogP contribution >= 0.6 is 46.1 Å². The highest BCUT2D eigenvalue weighted by Crippen LogP contribution is 2.72. The first kappa shape index (κ1) is 67.8. The summed E-state index contributed by atoms with van der Waals surface area (Å²) < 4.78 is 21.6. The fourth-order valence-electron chi connectivity index (χ4n) is 18.6. The first-order chi connectivity index (χ1) is 44.1. The summed E-state index contributed by atoms with van der Waals surface area (Å²) in [6.07, 6.45) is 51.1. The molecule has 0 radical (unpaired) electrons. The molecular formula is C82H116N4S4. The molecule has 90 heavy (non-hydrogen) atoms. The number of aromatic nitrogens is 4. The molecule has 0 saturated heterocycles. The second-order valence-electron chi connectivity index (χ2n) is 29.3. The monoisotopic (exact) mass is 1280 g/mol. The van der Waals surface area contributed by atoms with Crippen molar-refractivity contribution in [2.75, 3.05) is 0 Å². The van der Waals surface area contributed by atoms with Gasteiger partial charge in [0.1, 0.15) is 22.1 Å². The van der Waals surface area contributed by atoms with E-state index in [0.717, 1.165) is 16.6 Å². The van der Waals surface area contributed by atoms with Crippen LogP contribution in [0.1, 0.15) is 366 Å². The quantitative estimate of drug-likeness (QED) is 0.0359. The molecule has 4 heterocycles. The van der Waals surface area contributed by atoms with Crippen LogP contribution in [-0.4, -0.2) is 17.5 Å². The number of allylic oxidation sites excluding steroid dienone is 2. The molecule has 7 aromatic rings. The Labute approximate surface area is 563 Å². The molecule has 4 aromatic heterocycles. The highest BCUT2D eigenvalue weighted by Gasteiger charge is 2.58. The third-order valence-corrected chi connectivity index (χ3v) is 26.5. The lowest BCUT2D eigenvalue weighted by Gasteiger charge is -2.35. The first-order valence-corrected chi connectivity index (χ1v) is 41.0. The van der Waals surface area contributed by atoms with Gasteiger partial charge < -0.3 is 0 Å².